The second-order valence-electron chi connectivity index (χ2n) is 10.5. The minimum absolute atomic E-state index is 0.102. The van der Waals surface area contributed by atoms with Crippen LogP contribution in [0.25, 0.3) is 0 Å². The summed E-state index contributed by atoms with van der Waals surface area (Å²) in [7, 11) is 2.95. The van der Waals surface area contributed by atoms with E-state index in [0.717, 1.165) is 29.5 Å². The number of fused-ring (bicyclic) bond motifs is 3. The Kier molecular flexibility index (Phi) is 6.99. The standard InChI is InChI=1S/C29H34N2O9/c1-4-37-29(34)31-7-5-16(6-8-31)30-26-18-12-21-20(39-14-40-21)11-17(18)24(25-19(26)13-38-28(25)33)15-9-22(35-2)27(32)23(10-15)36-3/h9-12,16,19,24-26,30,32H,4-8,13-14H2,1-3H3/t19-,24+,25-,26+/m0/s1. The Morgan fingerprint density at radius 2 is 1.68 bits per heavy atom. The smallest absolute Gasteiger partial charge is 0.409 e. The summed E-state index contributed by atoms with van der Waals surface area (Å²) in [5, 5.41) is 14.4. The predicted octanol–water partition coefficient (Wildman–Crippen LogP) is 3.32. The van der Waals surface area contributed by atoms with Crippen molar-refractivity contribution in [3.63, 3.8) is 0 Å². The van der Waals surface area contributed by atoms with Crippen molar-refractivity contribution in [3.8, 4) is 28.7 Å². The highest BCUT2D eigenvalue weighted by atomic mass is 16.7. The van der Waals surface area contributed by atoms with Gasteiger partial charge < -0.3 is 43.7 Å². The van der Waals surface area contributed by atoms with Crippen LogP contribution in [0.4, 0.5) is 4.79 Å². The molecule has 0 spiro atoms. The van der Waals surface area contributed by atoms with Crippen LogP contribution in [0.15, 0.2) is 24.3 Å². The van der Waals surface area contributed by atoms with Crippen molar-refractivity contribution < 1.29 is 43.1 Å². The zero-order valence-corrected chi connectivity index (χ0v) is 22.8. The first-order chi connectivity index (χ1) is 19.4. The molecule has 0 bridgehead atoms. The van der Waals surface area contributed by atoms with Gasteiger partial charge in [0.15, 0.2) is 23.0 Å². The number of amides is 1. The Bertz CT molecular complexity index is 1280. The van der Waals surface area contributed by atoms with Crippen molar-refractivity contribution in [1.82, 2.24) is 10.2 Å². The van der Waals surface area contributed by atoms with E-state index in [2.05, 4.69) is 5.32 Å². The van der Waals surface area contributed by atoms with Gasteiger partial charge in [0.2, 0.25) is 12.5 Å². The van der Waals surface area contributed by atoms with E-state index < -0.39 is 11.8 Å². The molecule has 2 N–H and O–H groups in total. The molecule has 4 atom stereocenters. The number of phenolic OH excluding ortho intramolecular Hbond substituents is 1. The number of piperidine rings is 1. The molecule has 0 saturated carbocycles. The molecule has 0 unspecified atom stereocenters. The Hall–Kier alpha value is -3.86. The normalized spacial score (nSPS) is 25.2. The van der Waals surface area contributed by atoms with E-state index in [1.54, 1.807) is 24.0 Å². The van der Waals surface area contributed by atoms with E-state index >= 15 is 0 Å². The zero-order chi connectivity index (χ0) is 28.0. The van der Waals surface area contributed by atoms with E-state index in [0.29, 0.717) is 31.2 Å². The molecule has 40 heavy (non-hydrogen) atoms. The molecule has 11 nitrogen and oxygen atoms in total. The van der Waals surface area contributed by atoms with Gasteiger partial charge in [0.25, 0.3) is 0 Å². The highest BCUT2D eigenvalue weighted by molar-refractivity contribution is 5.79. The van der Waals surface area contributed by atoms with E-state index in [1.807, 2.05) is 12.1 Å². The fourth-order valence-corrected chi connectivity index (χ4v) is 6.57. The monoisotopic (exact) mass is 554 g/mol. The molecule has 2 saturated heterocycles. The number of cyclic esters (lactones) is 1. The van der Waals surface area contributed by atoms with Gasteiger partial charge >= 0.3 is 12.1 Å². The van der Waals surface area contributed by atoms with Crippen LogP contribution in [0.5, 0.6) is 28.7 Å². The maximum absolute atomic E-state index is 13.4. The summed E-state index contributed by atoms with van der Waals surface area (Å²) < 4.78 is 33.2. The minimum atomic E-state index is -0.482. The average Bonchev–Trinajstić information content (AvgIpc) is 3.59. The van der Waals surface area contributed by atoms with Gasteiger partial charge in [-0.3, -0.25) is 4.79 Å². The summed E-state index contributed by atoms with van der Waals surface area (Å²) in [6.07, 6.45) is 1.24. The number of carbonyl (C=O) groups is 2. The Balaban J connectivity index is 1.39. The van der Waals surface area contributed by atoms with E-state index in [-0.39, 0.29) is 60.7 Å². The zero-order valence-electron chi connectivity index (χ0n) is 22.8. The van der Waals surface area contributed by atoms with Gasteiger partial charge in [-0.15, -0.1) is 0 Å². The lowest BCUT2D eigenvalue weighted by Gasteiger charge is -2.42. The first-order valence-electron chi connectivity index (χ1n) is 13.7. The number of ether oxygens (including phenoxy) is 6. The molecule has 214 valence electrons. The van der Waals surface area contributed by atoms with E-state index in [9.17, 15) is 14.7 Å². The number of phenols is 1. The van der Waals surface area contributed by atoms with Crippen molar-refractivity contribution in [2.24, 2.45) is 11.8 Å². The maximum Gasteiger partial charge on any atom is 0.409 e. The number of esters is 1. The predicted molar refractivity (Wildman–Crippen MR) is 141 cm³/mol. The SMILES string of the molecule is CCOC(=O)N1CCC(N[C@@H]2c3cc4c(cc3[C@@H](c3cc(OC)c(O)c(OC)c3)[C@H]3C(=O)OC[C@@H]32)OCO4)CC1. The number of carbonyl (C=O) groups excluding carboxylic acids is 2. The van der Waals surface area contributed by atoms with Gasteiger partial charge in [-0.25, -0.2) is 4.79 Å². The summed E-state index contributed by atoms with van der Waals surface area (Å²) >= 11 is 0. The summed E-state index contributed by atoms with van der Waals surface area (Å²) in [4.78, 5) is 27.3. The number of hydrogen-bond acceptors (Lipinski definition) is 10. The van der Waals surface area contributed by atoms with Gasteiger partial charge in [-0.1, -0.05) is 0 Å². The molecule has 4 aliphatic rings. The molecule has 3 heterocycles. The number of likely N-dealkylation sites (tertiary alicyclic amines) is 1. The van der Waals surface area contributed by atoms with Crippen LogP contribution in [-0.2, 0) is 14.3 Å². The fraction of sp³-hybridized carbons (Fsp3) is 0.517. The molecule has 6 rings (SSSR count). The first kappa shape index (κ1) is 26.4. The van der Waals surface area contributed by atoms with E-state index in [1.165, 1.54) is 14.2 Å². The molecule has 11 heteroatoms. The lowest BCUT2D eigenvalue weighted by molar-refractivity contribution is -0.141. The molecule has 2 aromatic carbocycles. The van der Waals surface area contributed by atoms with Gasteiger partial charge in [0.1, 0.15) is 0 Å². The molecule has 3 aliphatic heterocycles. The molecular formula is C29H34N2O9. The van der Waals surface area contributed by atoms with Crippen LogP contribution in [0.2, 0.25) is 0 Å². The summed E-state index contributed by atoms with van der Waals surface area (Å²) in [5.41, 5.74) is 2.69. The average molecular weight is 555 g/mol. The second kappa shape index (κ2) is 10.6. The number of methoxy groups -OCH3 is 2. The third-order valence-electron chi connectivity index (χ3n) is 8.48. The number of rotatable bonds is 6. The highest BCUT2D eigenvalue weighted by Crippen LogP contribution is 2.55. The third kappa shape index (κ3) is 4.42. The Labute approximate surface area is 232 Å². The van der Waals surface area contributed by atoms with Gasteiger partial charge in [0, 0.05) is 37.0 Å². The second-order valence-corrected chi connectivity index (χ2v) is 10.5. The molecule has 1 aliphatic carbocycles. The number of benzene rings is 2. The molecular weight excluding hydrogens is 520 g/mol. The third-order valence-corrected chi connectivity index (χ3v) is 8.48. The number of hydrogen-bond donors (Lipinski definition) is 2. The Morgan fingerprint density at radius 1 is 1.02 bits per heavy atom. The van der Waals surface area contributed by atoms with Crippen LogP contribution in [-0.4, -0.2) is 75.4 Å². The number of nitrogens with one attached hydrogen (secondary N) is 1. The van der Waals surface area contributed by atoms with Crippen LogP contribution >= 0.6 is 0 Å². The van der Waals surface area contributed by atoms with Crippen molar-refractivity contribution in [2.45, 2.75) is 37.8 Å². The molecule has 0 radical (unpaired) electrons. The molecule has 2 fully saturated rings. The lowest BCUT2D eigenvalue weighted by Crippen LogP contribution is -2.49. The van der Waals surface area contributed by atoms with Crippen molar-refractivity contribution in [1.29, 1.82) is 0 Å². The number of nitrogens with zero attached hydrogens (tertiary/aromatic N) is 1. The maximum atomic E-state index is 13.4. The lowest BCUT2D eigenvalue weighted by atomic mass is 9.65. The fourth-order valence-electron chi connectivity index (χ4n) is 6.57. The minimum Gasteiger partial charge on any atom is -0.502 e. The van der Waals surface area contributed by atoms with Crippen molar-refractivity contribution >= 4 is 12.1 Å². The largest absolute Gasteiger partial charge is 0.502 e. The number of aromatic hydroxyl groups is 1. The van der Waals surface area contributed by atoms with Gasteiger partial charge in [-0.05, 0) is 60.7 Å². The summed E-state index contributed by atoms with van der Waals surface area (Å²) in [5.74, 6) is 0.392. The Morgan fingerprint density at radius 3 is 2.30 bits per heavy atom. The van der Waals surface area contributed by atoms with Crippen LogP contribution < -0.4 is 24.3 Å². The highest BCUT2D eigenvalue weighted by Gasteiger charge is 2.53. The first-order valence-corrected chi connectivity index (χ1v) is 13.7. The quantitative estimate of drug-likeness (QED) is 0.514. The molecule has 0 aromatic heterocycles. The van der Waals surface area contributed by atoms with Gasteiger partial charge in [-0.2, -0.15) is 0 Å². The van der Waals surface area contributed by atoms with Crippen LogP contribution in [0.3, 0.4) is 0 Å². The van der Waals surface area contributed by atoms with Crippen molar-refractivity contribution in [2.75, 3.05) is 47.3 Å². The van der Waals surface area contributed by atoms with Gasteiger partial charge in [0.05, 0.1) is 33.4 Å². The van der Waals surface area contributed by atoms with Crippen LogP contribution in [0, 0.1) is 11.8 Å². The summed E-state index contributed by atoms with van der Waals surface area (Å²) in [6.45, 7) is 3.75. The summed E-state index contributed by atoms with van der Waals surface area (Å²) in [6, 6.07) is 7.40. The topological polar surface area (TPSA) is 125 Å². The van der Waals surface area contributed by atoms with Crippen LogP contribution in [0.1, 0.15) is 48.4 Å². The molecule has 1 amide bonds. The molecule has 2 aromatic rings. The van der Waals surface area contributed by atoms with Crippen molar-refractivity contribution in [3.05, 3.63) is 41.0 Å². The van der Waals surface area contributed by atoms with E-state index in [4.69, 9.17) is 28.4 Å².